The first-order valence-corrected chi connectivity index (χ1v) is 25.1. The molecule has 1 aliphatic carbocycles. The van der Waals surface area contributed by atoms with Crippen LogP contribution in [0.5, 0.6) is 5.75 Å². The van der Waals surface area contributed by atoms with Crippen LogP contribution in [0.1, 0.15) is 81.3 Å². The summed E-state index contributed by atoms with van der Waals surface area (Å²) in [5, 5.41) is 24.9. The van der Waals surface area contributed by atoms with Crippen LogP contribution in [0.15, 0.2) is 91.0 Å². The molecule has 3 atom stereocenters. The molecule has 6 heterocycles. The number of amides is 4. The van der Waals surface area contributed by atoms with E-state index in [2.05, 4.69) is 30.9 Å². The van der Waals surface area contributed by atoms with Gasteiger partial charge in [0.15, 0.2) is 10.8 Å². The number of nitrogens with one attached hydrogen (secondary N) is 3. The molecule has 3 aliphatic heterocycles. The normalized spacial score (nSPS) is 19.9. The quantitative estimate of drug-likeness (QED) is 0.0814. The molecule has 7 aromatic rings. The molecule has 1 saturated carbocycles. The van der Waals surface area contributed by atoms with Crippen molar-refractivity contribution in [2.75, 3.05) is 48.3 Å². The number of ether oxygens (including phenoxy) is 1. The number of nitrogens with zero attached hydrogens (tertiary/aromatic N) is 6. The summed E-state index contributed by atoms with van der Waals surface area (Å²) in [7, 11) is 1.81. The molecule has 0 radical (unpaired) electrons. The number of aromatic nitrogens is 4. The molecule has 4 N–H and O–H groups in total. The summed E-state index contributed by atoms with van der Waals surface area (Å²) in [4.78, 5) is 77.6. The minimum Gasteiger partial charge on any atom is -0.493 e. The Bertz CT molecular complexity index is 3250. The first-order valence-electron chi connectivity index (χ1n) is 24.2. The number of benzene rings is 4. The van der Waals surface area contributed by atoms with E-state index in [1.54, 1.807) is 4.68 Å². The van der Waals surface area contributed by atoms with E-state index in [1.807, 2.05) is 110 Å². The summed E-state index contributed by atoms with van der Waals surface area (Å²) in [5.74, 6) is 0.273. The van der Waals surface area contributed by atoms with Crippen molar-refractivity contribution < 1.29 is 33.8 Å². The summed E-state index contributed by atoms with van der Waals surface area (Å²) in [6.45, 7) is 5.57. The largest absolute Gasteiger partial charge is 0.493 e. The van der Waals surface area contributed by atoms with Crippen molar-refractivity contribution in [3.05, 3.63) is 125 Å². The van der Waals surface area contributed by atoms with E-state index >= 15 is 0 Å². The molecule has 3 unspecified atom stereocenters. The first kappa shape index (κ1) is 45.9. The van der Waals surface area contributed by atoms with Gasteiger partial charge in [0, 0.05) is 61.8 Å². The van der Waals surface area contributed by atoms with Gasteiger partial charge in [-0.05, 0) is 134 Å². The van der Waals surface area contributed by atoms with Crippen LogP contribution in [-0.4, -0.2) is 92.1 Å². The van der Waals surface area contributed by atoms with Crippen LogP contribution in [0.3, 0.4) is 0 Å². The zero-order chi connectivity index (χ0) is 48.9. The van der Waals surface area contributed by atoms with E-state index in [1.165, 1.54) is 11.3 Å². The van der Waals surface area contributed by atoms with Crippen LogP contribution >= 0.6 is 11.3 Å². The highest BCUT2D eigenvalue weighted by molar-refractivity contribution is 7.22. The molecule has 0 spiro atoms. The van der Waals surface area contributed by atoms with Crippen molar-refractivity contribution in [3.63, 3.8) is 0 Å². The van der Waals surface area contributed by atoms with E-state index < -0.39 is 11.9 Å². The van der Waals surface area contributed by atoms with Gasteiger partial charge < -0.3 is 20.1 Å². The Balaban J connectivity index is 0.679. The highest BCUT2D eigenvalue weighted by atomic mass is 32.1. The number of imide groups is 1. The van der Waals surface area contributed by atoms with Crippen LogP contribution in [-0.2, 0) is 34.4 Å². The fourth-order valence-corrected chi connectivity index (χ4v) is 12.2. The lowest BCUT2D eigenvalue weighted by atomic mass is 9.93. The summed E-state index contributed by atoms with van der Waals surface area (Å²) in [5.41, 5.74) is 7.49. The summed E-state index contributed by atoms with van der Waals surface area (Å²) in [6.07, 6.45) is 4.44. The predicted molar refractivity (Wildman–Crippen MR) is 271 cm³/mol. The van der Waals surface area contributed by atoms with Crippen LogP contribution < -0.4 is 25.6 Å². The van der Waals surface area contributed by atoms with Gasteiger partial charge in [0.05, 0.1) is 40.5 Å². The third-order valence-corrected chi connectivity index (χ3v) is 15.8. The molecule has 17 heteroatoms. The Morgan fingerprint density at radius 2 is 1.72 bits per heavy atom. The summed E-state index contributed by atoms with van der Waals surface area (Å²) in [6, 6.07) is 28.5. The van der Waals surface area contributed by atoms with Crippen molar-refractivity contribution >= 4 is 78.7 Å². The number of rotatable bonds is 13. The molecule has 362 valence electrons. The van der Waals surface area contributed by atoms with Gasteiger partial charge >= 0.3 is 5.97 Å². The van der Waals surface area contributed by atoms with E-state index in [4.69, 9.17) is 9.72 Å². The number of carbonyl (C=O) groups is 5. The highest BCUT2D eigenvalue weighted by Crippen LogP contribution is 2.43. The molecule has 3 fully saturated rings. The highest BCUT2D eigenvalue weighted by Gasteiger charge is 2.41. The molecule has 4 aliphatic rings. The SMILES string of the molecule is Cc1c(OCCC2CC3CN(CC(=O)Nc4ccc5c(C6CCC(=O)NC6=O)nn(C)c5c4)CC3C2)cccc1-c1ccc(N2CCc3cccc(C(=O)Nc4nc5ccccc5s4)c3C2)nc1C(=O)O. The van der Waals surface area contributed by atoms with Crippen LogP contribution in [0.4, 0.5) is 16.6 Å². The average molecular weight is 972 g/mol. The zero-order valence-corrected chi connectivity index (χ0v) is 40.3. The van der Waals surface area contributed by atoms with Gasteiger partial charge in [-0.15, -0.1) is 0 Å². The number of thiazole rings is 1. The second-order valence-electron chi connectivity index (χ2n) is 19.3. The number of pyridine rings is 1. The molecule has 4 aromatic carbocycles. The van der Waals surface area contributed by atoms with Crippen molar-refractivity contribution in [1.82, 2.24) is 30.0 Å². The number of hydrogen-bond donors (Lipinski definition) is 4. The zero-order valence-electron chi connectivity index (χ0n) is 39.4. The number of aryl methyl sites for hydroxylation is 1. The molecule has 71 heavy (non-hydrogen) atoms. The first-order chi connectivity index (χ1) is 34.4. The van der Waals surface area contributed by atoms with Gasteiger partial charge in [-0.3, -0.25) is 39.4 Å². The topological polar surface area (TPSA) is 201 Å². The van der Waals surface area contributed by atoms with E-state index in [-0.39, 0.29) is 35.7 Å². The molecule has 16 nitrogen and oxygen atoms in total. The Hall–Kier alpha value is -7.50. The summed E-state index contributed by atoms with van der Waals surface area (Å²) >= 11 is 1.43. The van der Waals surface area contributed by atoms with Gasteiger partial charge in [0.1, 0.15) is 11.6 Å². The van der Waals surface area contributed by atoms with E-state index in [0.717, 1.165) is 75.7 Å². The molecule has 0 bridgehead atoms. The Morgan fingerprint density at radius 1 is 0.901 bits per heavy atom. The summed E-state index contributed by atoms with van der Waals surface area (Å²) < 4.78 is 9.12. The van der Waals surface area contributed by atoms with Crippen molar-refractivity contribution in [1.29, 1.82) is 0 Å². The fraction of sp³-hybridized carbons (Fsp3) is 0.333. The van der Waals surface area contributed by atoms with Gasteiger partial charge in [0.25, 0.3) is 5.91 Å². The standard InChI is InChI=1S/C54H53N9O7S/c1-30-36(37-15-17-46(57-50(37)53(68)69)63-21-19-32-7-5-9-38(41(32)28-63)51(66)59-54-56-42-10-3-4-12-45(42)71-54)8-6-11-44(30)70-22-20-31-23-33-26-62(27-34(33)24-31)29-48(65)55-35-13-14-39-43(25-35)61(2)60-49(39)40-16-18-47(64)58-52(40)67/h3-15,17,25,31,33-34,40H,16,18-24,26-29H2,1-2H3,(H,55,65)(H,68,69)(H,56,59,66)(H,58,64,67). The number of carboxylic acids is 1. The number of hydrogen-bond acceptors (Lipinski definition) is 12. The van der Waals surface area contributed by atoms with E-state index in [9.17, 15) is 29.1 Å². The van der Waals surface area contributed by atoms with Gasteiger partial charge in [-0.1, -0.05) is 47.7 Å². The second kappa shape index (κ2) is 19.0. The number of carbonyl (C=O) groups excluding carboxylic acids is 4. The number of fused-ring (bicyclic) bond motifs is 4. The van der Waals surface area contributed by atoms with Gasteiger partial charge in [-0.25, -0.2) is 14.8 Å². The Morgan fingerprint density at radius 3 is 2.52 bits per heavy atom. The third kappa shape index (κ3) is 9.22. The smallest absolute Gasteiger partial charge is 0.355 e. The van der Waals surface area contributed by atoms with Crippen molar-refractivity contribution in [3.8, 4) is 16.9 Å². The van der Waals surface area contributed by atoms with Crippen LogP contribution in [0.2, 0.25) is 0 Å². The van der Waals surface area contributed by atoms with Crippen LogP contribution in [0, 0.1) is 24.7 Å². The number of para-hydroxylation sites is 1. The molecular formula is C54H53N9O7S. The second-order valence-corrected chi connectivity index (χ2v) is 20.4. The van der Waals surface area contributed by atoms with E-state index in [0.29, 0.717) is 96.0 Å². The fourth-order valence-electron chi connectivity index (χ4n) is 11.3. The molecule has 11 rings (SSSR count). The predicted octanol–water partition coefficient (Wildman–Crippen LogP) is 7.95. The molecule has 3 aromatic heterocycles. The van der Waals surface area contributed by atoms with Gasteiger partial charge in [-0.2, -0.15) is 5.10 Å². The lowest BCUT2D eigenvalue weighted by Crippen LogP contribution is -2.39. The maximum atomic E-state index is 13.6. The molecule has 2 saturated heterocycles. The van der Waals surface area contributed by atoms with Gasteiger partial charge in [0.2, 0.25) is 17.7 Å². The maximum Gasteiger partial charge on any atom is 0.355 e. The Labute approximate surface area is 413 Å². The minimum absolute atomic E-state index is 0.0484. The third-order valence-electron chi connectivity index (χ3n) is 14.8. The Kier molecular flexibility index (Phi) is 12.3. The number of likely N-dealkylation sites (tertiary alicyclic amines) is 1. The molecule has 4 amide bonds. The monoisotopic (exact) mass is 971 g/mol. The minimum atomic E-state index is -1.13. The van der Waals surface area contributed by atoms with Crippen molar-refractivity contribution in [2.45, 2.75) is 57.9 Å². The number of carboxylic acid groups (broad SMARTS) is 1. The lowest BCUT2D eigenvalue weighted by Gasteiger charge is -2.31. The van der Waals surface area contributed by atoms with Crippen LogP contribution in [0.25, 0.3) is 32.2 Å². The number of aromatic carboxylic acids is 1. The lowest BCUT2D eigenvalue weighted by molar-refractivity contribution is -0.134. The van der Waals surface area contributed by atoms with Crippen molar-refractivity contribution in [2.24, 2.45) is 24.8 Å². The maximum absolute atomic E-state index is 13.6. The average Bonchev–Trinajstić information content (AvgIpc) is 4.13. The number of anilines is 3. The number of piperidine rings is 1. The molecular weight excluding hydrogens is 919 g/mol.